The van der Waals surface area contributed by atoms with Gasteiger partial charge in [0.1, 0.15) is 5.82 Å². The van der Waals surface area contributed by atoms with Crippen LogP contribution in [0.25, 0.3) is 11.4 Å². The summed E-state index contributed by atoms with van der Waals surface area (Å²) in [6.45, 7) is 0. The number of aromatic nitrogens is 2. The minimum Gasteiger partial charge on any atom is -0.383 e. The minimum atomic E-state index is 0.393. The summed E-state index contributed by atoms with van der Waals surface area (Å²) in [4.78, 5) is 8.32. The Labute approximate surface area is 114 Å². The van der Waals surface area contributed by atoms with Gasteiger partial charge in [-0.3, -0.25) is 0 Å². The lowest BCUT2D eigenvalue weighted by Gasteiger charge is -2.04. The number of anilines is 1. The fraction of sp³-hybridized carbons (Fsp3) is 0. The van der Waals surface area contributed by atoms with Gasteiger partial charge in [0, 0.05) is 16.2 Å². The van der Waals surface area contributed by atoms with Crippen molar-refractivity contribution in [3.63, 3.8) is 0 Å². The third kappa shape index (κ3) is 2.36. The molecule has 0 saturated carbocycles. The van der Waals surface area contributed by atoms with E-state index < -0.39 is 0 Å². The van der Waals surface area contributed by atoms with Crippen molar-refractivity contribution in [2.45, 2.75) is 0 Å². The number of hydrogen-bond acceptors (Lipinski definition) is 3. The van der Waals surface area contributed by atoms with E-state index in [1.54, 1.807) is 12.3 Å². The highest BCUT2D eigenvalue weighted by molar-refractivity contribution is 9.10. The molecule has 0 bridgehead atoms. The maximum atomic E-state index is 6.09. The van der Waals surface area contributed by atoms with Crippen LogP contribution in [0.15, 0.2) is 33.3 Å². The van der Waals surface area contributed by atoms with Crippen LogP contribution in [0, 0.1) is 0 Å². The summed E-state index contributed by atoms with van der Waals surface area (Å²) < 4.78 is 1.58. The monoisotopic (exact) mass is 361 g/mol. The smallest absolute Gasteiger partial charge is 0.163 e. The Bertz CT molecular complexity index is 546. The maximum absolute atomic E-state index is 6.09. The average molecular weight is 363 g/mol. The second kappa shape index (κ2) is 4.69. The van der Waals surface area contributed by atoms with Crippen molar-refractivity contribution in [2.75, 3.05) is 5.73 Å². The van der Waals surface area contributed by atoms with Crippen molar-refractivity contribution in [3.05, 3.63) is 38.4 Å². The van der Waals surface area contributed by atoms with Gasteiger partial charge in [-0.25, -0.2) is 9.97 Å². The van der Waals surface area contributed by atoms with Crippen LogP contribution in [-0.4, -0.2) is 9.97 Å². The van der Waals surface area contributed by atoms with E-state index in [1.165, 1.54) is 0 Å². The van der Waals surface area contributed by atoms with Crippen molar-refractivity contribution >= 4 is 49.3 Å². The minimum absolute atomic E-state index is 0.393. The van der Waals surface area contributed by atoms with Crippen LogP contribution in [0.5, 0.6) is 0 Å². The first-order valence-corrected chi connectivity index (χ1v) is 6.28. The van der Waals surface area contributed by atoms with Crippen LogP contribution in [0.4, 0.5) is 5.82 Å². The fourth-order valence-corrected chi connectivity index (χ4v) is 2.13. The predicted molar refractivity (Wildman–Crippen MR) is 72.3 cm³/mol. The van der Waals surface area contributed by atoms with Crippen LogP contribution < -0.4 is 5.73 Å². The largest absolute Gasteiger partial charge is 0.383 e. The molecule has 0 radical (unpaired) electrons. The molecule has 1 aromatic carbocycles. The summed E-state index contributed by atoms with van der Waals surface area (Å²) in [5, 5.41) is 0.580. The van der Waals surface area contributed by atoms with Gasteiger partial charge < -0.3 is 5.73 Å². The van der Waals surface area contributed by atoms with Crippen LogP contribution >= 0.6 is 43.5 Å². The quantitative estimate of drug-likeness (QED) is 0.836. The Morgan fingerprint density at radius 2 is 2.00 bits per heavy atom. The Balaban J connectivity index is 2.54. The van der Waals surface area contributed by atoms with Crippen molar-refractivity contribution in [3.8, 4) is 11.4 Å². The average Bonchev–Trinajstić information content (AvgIpc) is 2.22. The lowest BCUT2D eigenvalue weighted by Crippen LogP contribution is -1.96. The molecule has 0 aliphatic rings. The topological polar surface area (TPSA) is 51.8 Å². The maximum Gasteiger partial charge on any atom is 0.163 e. The van der Waals surface area contributed by atoms with E-state index in [0.717, 1.165) is 10.0 Å². The van der Waals surface area contributed by atoms with E-state index in [-0.39, 0.29) is 0 Å². The van der Waals surface area contributed by atoms with E-state index in [9.17, 15) is 0 Å². The van der Waals surface area contributed by atoms with Crippen LogP contribution in [-0.2, 0) is 0 Å². The van der Waals surface area contributed by atoms with Gasteiger partial charge in [0.15, 0.2) is 5.82 Å². The fourth-order valence-electron chi connectivity index (χ4n) is 1.18. The van der Waals surface area contributed by atoms with Gasteiger partial charge in [-0.05, 0) is 34.1 Å². The molecule has 0 unspecified atom stereocenters. The molecule has 2 N–H and O–H groups in total. The summed E-state index contributed by atoms with van der Waals surface area (Å²) in [5.41, 5.74) is 6.44. The lowest BCUT2D eigenvalue weighted by molar-refractivity contribution is 1.17. The Morgan fingerprint density at radius 3 is 2.62 bits per heavy atom. The molecule has 0 saturated heterocycles. The number of nitrogen functional groups attached to an aromatic ring is 1. The Kier molecular flexibility index (Phi) is 3.47. The number of rotatable bonds is 1. The molecule has 2 aromatic rings. The molecule has 0 amide bonds. The van der Waals surface area contributed by atoms with E-state index in [1.807, 2.05) is 12.1 Å². The number of nitrogens with zero attached hydrogens (tertiary/aromatic N) is 2. The number of hydrogen-bond donors (Lipinski definition) is 1. The van der Waals surface area contributed by atoms with Gasteiger partial charge >= 0.3 is 0 Å². The third-order valence-electron chi connectivity index (χ3n) is 1.94. The van der Waals surface area contributed by atoms with Crippen LogP contribution in [0.3, 0.4) is 0 Å². The SMILES string of the molecule is Nc1nc(-c2ccc(Br)cc2Cl)ncc1Br. The van der Waals surface area contributed by atoms with Crippen LogP contribution in [0.2, 0.25) is 5.02 Å². The molecule has 2 rings (SSSR count). The summed E-state index contributed by atoms with van der Waals surface area (Å²) in [5.74, 6) is 0.905. The zero-order valence-electron chi connectivity index (χ0n) is 7.92. The van der Waals surface area contributed by atoms with E-state index in [4.69, 9.17) is 17.3 Å². The molecule has 0 aliphatic carbocycles. The molecule has 1 aromatic heterocycles. The summed E-state index contributed by atoms with van der Waals surface area (Å²) >= 11 is 12.7. The molecule has 3 nitrogen and oxygen atoms in total. The zero-order valence-corrected chi connectivity index (χ0v) is 11.8. The first-order valence-electron chi connectivity index (χ1n) is 4.31. The summed E-state index contributed by atoms with van der Waals surface area (Å²) in [6, 6.07) is 5.51. The first-order chi connectivity index (χ1) is 7.58. The lowest BCUT2D eigenvalue weighted by atomic mass is 10.2. The third-order valence-corrected chi connectivity index (χ3v) is 3.36. The molecular formula is C10H6Br2ClN3. The van der Waals surface area contributed by atoms with E-state index >= 15 is 0 Å². The highest BCUT2D eigenvalue weighted by Crippen LogP contribution is 2.29. The zero-order chi connectivity index (χ0) is 11.7. The second-order valence-corrected chi connectivity index (χ2v) is 5.23. The van der Waals surface area contributed by atoms with E-state index in [0.29, 0.717) is 21.1 Å². The molecule has 6 heteroatoms. The van der Waals surface area contributed by atoms with Crippen molar-refractivity contribution < 1.29 is 0 Å². The van der Waals surface area contributed by atoms with Gasteiger partial charge in [-0.2, -0.15) is 0 Å². The predicted octanol–water partition coefficient (Wildman–Crippen LogP) is 3.90. The van der Waals surface area contributed by atoms with Crippen molar-refractivity contribution in [1.82, 2.24) is 9.97 Å². The van der Waals surface area contributed by atoms with Gasteiger partial charge in [-0.1, -0.05) is 27.5 Å². The molecule has 1 heterocycles. The second-order valence-electron chi connectivity index (χ2n) is 3.05. The number of nitrogens with two attached hydrogens (primary N) is 1. The molecule has 0 atom stereocenters. The molecule has 16 heavy (non-hydrogen) atoms. The number of benzene rings is 1. The van der Waals surface area contributed by atoms with Gasteiger partial charge in [0.2, 0.25) is 0 Å². The standard InChI is InChI=1S/C10H6Br2ClN3/c11-5-1-2-6(8(13)3-5)10-15-4-7(12)9(14)16-10/h1-4H,(H2,14,15,16). The van der Waals surface area contributed by atoms with E-state index in [2.05, 4.69) is 41.8 Å². The molecule has 0 fully saturated rings. The molecule has 0 spiro atoms. The Hall–Kier alpha value is -0.650. The van der Waals surface area contributed by atoms with Gasteiger partial charge in [-0.15, -0.1) is 0 Å². The summed E-state index contributed by atoms with van der Waals surface area (Å²) in [6.07, 6.45) is 1.61. The molecule has 0 aliphatic heterocycles. The number of halogens is 3. The highest BCUT2D eigenvalue weighted by Gasteiger charge is 2.08. The molecule has 82 valence electrons. The Morgan fingerprint density at radius 1 is 1.25 bits per heavy atom. The van der Waals surface area contributed by atoms with Gasteiger partial charge in [0.25, 0.3) is 0 Å². The first kappa shape index (κ1) is 11.8. The van der Waals surface area contributed by atoms with Gasteiger partial charge in [0.05, 0.1) is 9.50 Å². The van der Waals surface area contributed by atoms with Crippen molar-refractivity contribution in [2.24, 2.45) is 0 Å². The van der Waals surface area contributed by atoms with Crippen LogP contribution in [0.1, 0.15) is 0 Å². The summed E-state index contributed by atoms with van der Waals surface area (Å²) in [7, 11) is 0. The highest BCUT2D eigenvalue weighted by atomic mass is 79.9. The normalized spacial score (nSPS) is 10.4. The molecular weight excluding hydrogens is 357 g/mol. The van der Waals surface area contributed by atoms with Crippen molar-refractivity contribution in [1.29, 1.82) is 0 Å².